The van der Waals surface area contributed by atoms with Gasteiger partial charge >= 0.3 is 6.09 Å². The number of aromatic nitrogens is 1. The van der Waals surface area contributed by atoms with Crippen molar-refractivity contribution in [1.82, 2.24) is 15.6 Å². The SMILES string of the molecule is O=C(O)NCC(Cc1ccccc1)NC(=O)C1CCN(c2c(Br)cncc2Br)C1. The highest BCUT2D eigenvalue weighted by atomic mass is 79.9. The molecule has 7 nitrogen and oxygen atoms in total. The van der Waals surface area contributed by atoms with E-state index in [1.807, 2.05) is 30.3 Å². The van der Waals surface area contributed by atoms with Gasteiger partial charge in [0, 0.05) is 32.0 Å². The van der Waals surface area contributed by atoms with Gasteiger partial charge in [0.1, 0.15) is 0 Å². The molecule has 0 saturated carbocycles. The molecule has 1 aromatic carbocycles. The number of carbonyl (C=O) groups excluding carboxylic acids is 1. The van der Waals surface area contributed by atoms with Gasteiger partial charge in [-0.25, -0.2) is 4.79 Å². The Labute approximate surface area is 186 Å². The predicted octanol–water partition coefficient (Wildman–Crippen LogP) is 3.43. The summed E-state index contributed by atoms with van der Waals surface area (Å²) < 4.78 is 1.75. The highest BCUT2D eigenvalue weighted by molar-refractivity contribution is 9.11. The van der Waals surface area contributed by atoms with E-state index in [1.165, 1.54) is 0 Å². The van der Waals surface area contributed by atoms with Gasteiger partial charge < -0.3 is 20.6 Å². The normalized spacial score (nSPS) is 17.0. The first kappa shape index (κ1) is 21.6. The predicted molar refractivity (Wildman–Crippen MR) is 118 cm³/mol. The van der Waals surface area contributed by atoms with Gasteiger partial charge in [-0.15, -0.1) is 0 Å². The molecule has 2 unspecified atom stereocenters. The van der Waals surface area contributed by atoms with Gasteiger partial charge in [0.15, 0.2) is 0 Å². The van der Waals surface area contributed by atoms with Crippen LogP contribution in [0, 0.1) is 5.92 Å². The van der Waals surface area contributed by atoms with E-state index in [2.05, 4.69) is 52.4 Å². The molecular formula is C20H22Br2N4O3. The summed E-state index contributed by atoms with van der Waals surface area (Å²) in [7, 11) is 0. The van der Waals surface area contributed by atoms with Gasteiger partial charge in [-0.2, -0.15) is 0 Å². The third-order valence-electron chi connectivity index (χ3n) is 4.87. The Balaban J connectivity index is 1.64. The molecular weight excluding hydrogens is 504 g/mol. The quantitative estimate of drug-likeness (QED) is 0.515. The number of benzene rings is 1. The maximum atomic E-state index is 12.9. The second-order valence-electron chi connectivity index (χ2n) is 6.96. The minimum Gasteiger partial charge on any atom is -0.465 e. The highest BCUT2D eigenvalue weighted by Crippen LogP contribution is 2.36. The number of nitrogens with one attached hydrogen (secondary N) is 2. The van der Waals surface area contributed by atoms with Crippen LogP contribution in [0.25, 0.3) is 0 Å². The molecule has 0 aliphatic carbocycles. The van der Waals surface area contributed by atoms with E-state index in [0.29, 0.717) is 13.0 Å². The number of hydrogen-bond donors (Lipinski definition) is 3. The Morgan fingerprint density at radius 2 is 1.90 bits per heavy atom. The minimum absolute atomic E-state index is 0.0538. The van der Waals surface area contributed by atoms with Crippen molar-refractivity contribution in [3.05, 3.63) is 57.2 Å². The Morgan fingerprint density at radius 3 is 2.55 bits per heavy atom. The molecule has 0 bridgehead atoms. The van der Waals surface area contributed by atoms with Gasteiger partial charge in [-0.05, 0) is 50.3 Å². The lowest BCUT2D eigenvalue weighted by Crippen LogP contribution is -2.47. The summed E-state index contributed by atoms with van der Waals surface area (Å²) in [6.07, 6.45) is 3.67. The number of carboxylic acid groups (broad SMARTS) is 1. The summed E-state index contributed by atoms with van der Waals surface area (Å²) in [5.74, 6) is -0.216. The Kier molecular flexibility index (Phi) is 7.49. The van der Waals surface area contributed by atoms with E-state index in [1.54, 1.807) is 12.4 Å². The van der Waals surface area contributed by atoms with Crippen LogP contribution >= 0.6 is 31.9 Å². The summed E-state index contributed by atoms with van der Waals surface area (Å²) in [6.45, 7) is 1.52. The molecule has 1 aliphatic rings. The fourth-order valence-electron chi connectivity index (χ4n) is 3.49. The first-order valence-corrected chi connectivity index (χ1v) is 10.9. The summed E-state index contributed by atoms with van der Waals surface area (Å²) in [5.41, 5.74) is 2.03. The molecule has 0 radical (unpaired) electrons. The van der Waals surface area contributed by atoms with Crippen LogP contribution in [0.3, 0.4) is 0 Å². The molecule has 29 heavy (non-hydrogen) atoms. The highest BCUT2D eigenvalue weighted by Gasteiger charge is 2.31. The van der Waals surface area contributed by atoms with Gasteiger partial charge in [0.2, 0.25) is 5.91 Å². The standard InChI is InChI=1S/C20H22Br2N4O3/c21-16-10-23-11-17(22)18(16)26-7-6-14(12-26)19(27)25-15(9-24-20(28)29)8-13-4-2-1-3-5-13/h1-5,10-11,14-15,24H,6-9,12H2,(H,25,27)(H,28,29). The van der Waals surface area contributed by atoms with Gasteiger partial charge in [0.05, 0.1) is 26.6 Å². The molecule has 1 saturated heterocycles. The summed E-state index contributed by atoms with van der Waals surface area (Å²) >= 11 is 7.05. The number of pyridine rings is 1. The van der Waals surface area contributed by atoms with Crippen molar-refractivity contribution in [2.75, 3.05) is 24.5 Å². The van der Waals surface area contributed by atoms with E-state index in [-0.39, 0.29) is 24.4 Å². The van der Waals surface area contributed by atoms with Crippen LogP contribution in [-0.4, -0.2) is 47.8 Å². The minimum atomic E-state index is -1.10. The third kappa shape index (κ3) is 5.93. The van der Waals surface area contributed by atoms with Crippen molar-refractivity contribution in [2.24, 2.45) is 5.92 Å². The first-order chi connectivity index (χ1) is 13.9. The largest absolute Gasteiger partial charge is 0.465 e. The number of anilines is 1. The molecule has 2 atom stereocenters. The van der Waals surface area contributed by atoms with Gasteiger partial charge in [-0.3, -0.25) is 9.78 Å². The third-order valence-corrected chi connectivity index (χ3v) is 6.04. The van der Waals surface area contributed by atoms with E-state index in [9.17, 15) is 9.59 Å². The van der Waals surface area contributed by atoms with Crippen molar-refractivity contribution in [3.63, 3.8) is 0 Å². The molecule has 9 heteroatoms. The zero-order valence-electron chi connectivity index (χ0n) is 15.6. The number of carbonyl (C=O) groups is 2. The smallest absolute Gasteiger partial charge is 0.404 e. The second-order valence-corrected chi connectivity index (χ2v) is 8.67. The lowest BCUT2D eigenvalue weighted by Gasteiger charge is -2.23. The van der Waals surface area contributed by atoms with Crippen LogP contribution < -0.4 is 15.5 Å². The zero-order chi connectivity index (χ0) is 20.8. The lowest BCUT2D eigenvalue weighted by atomic mass is 10.0. The van der Waals surface area contributed by atoms with Crippen LogP contribution in [0.5, 0.6) is 0 Å². The number of amides is 2. The fraction of sp³-hybridized carbons (Fsp3) is 0.350. The Hall–Kier alpha value is -2.13. The average molecular weight is 526 g/mol. The van der Waals surface area contributed by atoms with Gasteiger partial charge in [-0.1, -0.05) is 30.3 Å². The zero-order valence-corrected chi connectivity index (χ0v) is 18.8. The van der Waals surface area contributed by atoms with Crippen LogP contribution in [-0.2, 0) is 11.2 Å². The second kappa shape index (κ2) is 10.1. The molecule has 1 aromatic heterocycles. The molecule has 2 heterocycles. The maximum Gasteiger partial charge on any atom is 0.404 e. The molecule has 1 fully saturated rings. The van der Waals surface area contributed by atoms with E-state index >= 15 is 0 Å². The van der Waals surface area contributed by atoms with Crippen molar-refractivity contribution >= 4 is 49.5 Å². The summed E-state index contributed by atoms with van der Waals surface area (Å²) in [6, 6.07) is 9.41. The molecule has 0 spiro atoms. The van der Waals surface area contributed by atoms with Crippen LogP contribution in [0.4, 0.5) is 10.5 Å². The van der Waals surface area contributed by atoms with Crippen molar-refractivity contribution < 1.29 is 14.7 Å². The summed E-state index contributed by atoms with van der Waals surface area (Å²) in [4.78, 5) is 30.1. The summed E-state index contributed by atoms with van der Waals surface area (Å²) in [5, 5.41) is 14.4. The number of halogens is 2. The van der Waals surface area contributed by atoms with Gasteiger partial charge in [0.25, 0.3) is 0 Å². The van der Waals surface area contributed by atoms with Crippen LogP contribution in [0.1, 0.15) is 12.0 Å². The lowest BCUT2D eigenvalue weighted by molar-refractivity contribution is -0.125. The molecule has 3 N–H and O–H groups in total. The molecule has 3 rings (SSSR count). The Morgan fingerprint density at radius 1 is 1.21 bits per heavy atom. The molecule has 1 aliphatic heterocycles. The average Bonchev–Trinajstić information content (AvgIpc) is 3.16. The number of rotatable bonds is 7. The molecule has 2 amide bonds. The van der Waals surface area contributed by atoms with Crippen LogP contribution in [0.2, 0.25) is 0 Å². The fourth-order valence-corrected chi connectivity index (χ4v) is 4.92. The van der Waals surface area contributed by atoms with E-state index < -0.39 is 6.09 Å². The first-order valence-electron chi connectivity index (χ1n) is 9.29. The van der Waals surface area contributed by atoms with Crippen molar-refractivity contribution in [1.29, 1.82) is 0 Å². The Bertz CT molecular complexity index is 846. The monoisotopic (exact) mass is 524 g/mol. The number of nitrogens with zero attached hydrogens (tertiary/aromatic N) is 2. The van der Waals surface area contributed by atoms with E-state index in [0.717, 1.165) is 33.2 Å². The van der Waals surface area contributed by atoms with Crippen molar-refractivity contribution in [3.8, 4) is 0 Å². The van der Waals surface area contributed by atoms with Crippen molar-refractivity contribution in [2.45, 2.75) is 18.9 Å². The van der Waals surface area contributed by atoms with E-state index in [4.69, 9.17) is 5.11 Å². The topological polar surface area (TPSA) is 94.6 Å². The van der Waals surface area contributed by atoms with Crippen LogP contribution in [0.15, 0.2) is 51.7 Å². The maximum absolute atomic E-state index is 12.9. The molecule has 2 aromatic rings. The molecule has 154 valence electrons. The number of hydrogen-bond acceptors (Lipinski definition) is 4.